The van der Waals surface area contributed by atoms with E-state index in [1.807, 2.05) is 5.32 Å². The largest absolute Gasteiger partial charge is 0.390 e. The molecule has 0 saturated heterocycles. The molecular weight excluding hydrogens is 196 g/mol. The number of non-ortho nitro benzene ring substituents is 1. The first-order chi connectivity index (χ1) is 7.20. The van der Waals surface area contributed by atoms with Gasteiger partial charge in [0.1, 0.15) is 12.6 Å². The van der Waals surface area contributed by atoms with Gasteiger partial charge in [-0.1, -0.05) is 6.07 Å². The molecule has 0 fully saturated rings. The molecule has 0 bridgehead atoms. The van der Waals surface area contributed by atoms with Gasteiger partial charge in [-0.3, -0.25) is 10.1 Å². The van der Waals surface area contributed by atoms with Gasteiger partial charge < -0.3 is 10.4 Å². The highest BCUT2D eigenvalue weighted by atomic mass is 16.6. The summed E-state index contributed by atoms with van der Waals surface area (Å²) in [6.45, 7) is 0.860. The lowest BCUT2D eigenvalue weighted by Crippen LogP contribution is -2.91. The molecule has 1 heterocycles. The first-order valence-corrected chi connectivity index (χ1v) is 4.91. The van der Waals surface area contributed by atoms with Crippen LogP contribution < -0.4 is 5.32 Å². The number of nitrogens with two attached hydrogens (primary N) is 1. The van der Waals surface area contributed by atoms with Crippen molar-refractivity contribution in [2.24, 2.45) is 0 Å². The Morgan fingerprint density at radius 2 is 2.33 bits per heavy atom. The van der Waals surface area contributed by atoms with Crippen LogP contribution in [0.2, 0.25) is 0 Å². The number of aliphatic hydroxyl groups is 1. The third-order valence-electron chi connectivity index (χ3n) is 2.79. The average molecular weight is 209 g/mol. The molecule has 0 aromatic heterocycles. The Morgan fingerprint density at radius 3 is 3.00 bits per heavy atom. The highest BCUT2D eigenvalue weighted by Gasteiger charge is 2.22. The van der Waals surface area contributed by atoms with Gasteiger partial charge in [0.05, 0.1) is 11.5 Å². The van der Waals surface area contributed by atoms with Crippen molar-refractivity contribution in [1.29, 1.82) is 0 Å². The van der Waals surface area contributed by atoms with Crippen LogP contribution in [0.15, 0.2) is 18.2 Å². The number of aliphatic hydroxyl groups excluding tert-OH is 1. The first-order valence-electron chi connectivity index (χ1n) is 4.91. The van der Waals surface area contributed by atoms with E-state index in [9.17, 15) is 10.1 Å². The molecule has 1 aromatic rings. The van der Waals surface area contributed by atoms with Gasteiger partial charge in [0.2, 0.25) is 0 Å². The van der Waals surface area contributed by atoms with Gasteiger partial charge in [0.25, 0.3) is 5.69 Å². The lowest BCUT2D eigenvalue weighted by Gasteiger charge is -2.20. The van der Waals surface area contributed by atoms with Crippen LogP contribution in [0, 0.1) is 10.1 Å². The van der Waals surface area contributed by atoms with E-state index in [0.717, 1.165) is 17.5 Å². The van der Waals surface area contributed by atoms with Gasteiger partial charge in [-0.2, -0.15) is 0 Å². The van der Waals surface area contributed by atoms with Gasteiger partial charge >= 0.3 is 0 Å². The Morgan fingerprint density at radius 1 is 1.53 bits per heavy atom. The summed E-state index contributed by atoms with van der Waals surface area (Å²) in [6, 6.07) is 5.14. The summed E-state index contributed by atoms with van der Waals surface area (Å²) in [5.74, 6) is 0. The van der Waals surface area contributed by atoms with Crippen LogP contribution in [-0.4, -0.2) is 22.7 Å². The molecular formula is C10H13N2O3+. The molecule has 15 heavy (non-hydrogen) atoms. The third kappa shape index (κ3) is 1.98. The van der Waals surface area contributed by atoms with Crippen molar-refractivity contribution in [1.82, 2.24) is 0 Å². The summed E-state index contributed by atoms with van der Waals surface area (Å²) in [7, 11) is 0. The third-order valence-corrected chi connectivity index (χ3v) is 2.79. The van der Waals surface area contributed by atoms with Crippen molar-refractivity contribution >= 4 is 5.69 Å². The lowest BCUT2D eigenvalue weighted by molar-refractivity contribution is -0.709. The van der Waals surface area contributed by atoms with Gasteiger partial charge in [-0.15, -0.1) is 0 Å². The van der Waals surface area contributed by atoms with Crippen LogP contribution in [0.3, 0.4) is 0 Å². The number of hydrogen-bond donors (Lipinski definition) is 2. The predicted molar refractivity (Wildman–Crippen MR) is 53.3 cm³/mol. The first kappa shape index (κ1) is 10.1. The zero-order valence-electron chi connectivity index (χ0n) is 8.22. The smallest absolute Gasteiger partial charge is 0.269 e. The molecule has 0 radical (unpaired) electrons. The summed E-state index contributed by atoms with van der Waals surface area (Å²) in [6.07, 6.45) is 0.782. The number of nitro groups is 1. The molecule has 5 heteroatoms. The molecule has 5 nitrogen and oxygen atoms in total. The summed E-state index contributed by atoms with van der Waals surface area (Å²) in [5, 5.41) is 21.6. The molecule has 3 N–H and O–H groups in total. The minimum absolute atomic E-state index is 0.143. The topological polar surface area (TPSA) is 80.0 Å². The fraction of sp³-hybridized carbons (Fsp3) is 0.400. The number of nitro benzene ring substituents is 1. The second-order valence-corrected chi connectivity index (χ2v) is 3.80. The van der Waals surface area contributed by atoms with Gasteiger partial charge in [-0.25, -0.2) is 0 Å². The normalized spacial score (nSPS) is 19.7. The number of benzene rings is 1. The molecule has 1 aromatic carbocycles. The monoisotopic (exact) mass is 209 g/mol. The minimum Gasteiger partial charge on any atom is -0.390 e. The van der Waals surface area contributed by atoms with Gasteiger partial charge in [-0.05, 0) is 5.56 Å². The van der Waals surface area contributed by atoms with E-state index in [0.29, 0.717) is 6.54 Å². The van der Waals surface area contributed by atoms with Crippen LogP contribution in [0.5, 0.6) is 0 Å². The molecule has 0 amide bonds. The maximum Gasteiger partial charge on any atom is 0.269 e. The van der Waals surface area contributed by atoms with E-state index < -0.39 is 0 Å². The fourth-order valence-electron chi connectivity index (χ4n) is 1.91. The number of nitrogens with zero attached hydrogens (tertiary/aromatic N) is 1. The fourth-order valence-corrected chi connectivity index (χ4v) is 1.91. The standard InChI is InChI=1S/C10H12N2O3/c13-6-9-3-7-1-2-10(12(14)15)4-8(7)5-11-9/h1-2,4,9,11,13H,3,5-6H2/p+1/t9-/m1/s1. The highest BCUT2D eigenvalue weighted by Crippen LogP contribution is 2.19. The van der Waals surface area contributed by atoms with Crippen molar-refractivity contribution in [2.75, 3.05) is 6.61 Å². The number of rotatable bonds is 2. The molecule has 1 aliphatic heterocycles. The van der Waals surface area contributed by atoms with E-state index in [1.54, 1.807) is 12.1 Å². The molecule has 0 unspecified atom stereocenters. The van der Waals surface area contributed by atoms with Gasteiger partial charge in [0.15, 0.2) is 0 Å². The summed E-state index contributed by atoms with van der Waals surface area (Å²) < 4.78 is 0. The van der Waals surface area contributed by atoms with Crippen LogP contribution in [0.1, 0.15) is 11.1 Å². The SMILES string of the molecule is O=[N+]([O-])c1ccc2c(c1)C[NH2+][C@@H](CO)C2. The Balaban J connectivity index is 2.28. The number of fused-ring (bicyclic) bond motifs is 1. The van der Waals surface area contributed by atoms with Crippen LogP contribution in [0.25, 0.3) is 0 Å². The summed E-state index contributed by atoms with van der Waals surface area (Å²) in [5.41, 5.74) is 2.26. The zero-order chi connectivity index (χ0) is 10.8. The maximum absolute atomic E-state index is 10.6. The molecule has 1 aliphatic rings. The van der Waals surface area contributed by atoms with Crippen LogP contribution in [-0.2, 0) is 13.0 Å². The Kier molecular flexibility index (Phi) is 2.66. The van der Waals surface area contributed by atoms with Crippen molar-refractivity contribution in [3.63, 3.8) is 0 Å². The second kappa shape index (κ2) is 3.96. The average Bonchev–Trinajstić information content (AvgIpc) is 2.27. The summed E-state index contributed by atoms with van der Waals surface area (Å²) in [4.78, 5) is 10.2. The van der Waals surface area contributed by atoms with Gasteiger partial charge in [0, 0.05) is 24.1 Å². The van der Waals surface area contributed by atoms with Crippen molar-refractivity contribution in [3.05, 3.63) is 39.4 Å². The quantitative estimate of drug-likeness (QED) is 0.512. The van der Waals surface area contributed by atoms with Crippen molar-refractivity contribution in [3.8, 4) is 0 Å². The van der Waals surface area contributed by atoms with E-state index in [2.05, 4.69) is 0 Å². The highest BCUT2D eigenvalue weighted by molar-refractivity contribution is 5.40. The van der Waals surface area contributed by atoms with E-state index in [4.69, 9.17) is 5.11 Å². The lowest BCUT2D eigenvalue weighted by atomic mass is 9.96. The summed E-state index contributed by atoms with van der Waals surface area (Å²) >= 11 is 0. The molecule has 2 rings (SSSR count). The second-order valence-electron chi connectivity index (χ2n) is 3.80. The Hall–Kier alpha value is -1.46. The van der Waals surface area contributed by atoms with E-state index in [1.165, 1.54) is 6.07 Å². The van der Waals surface area contributed by atoms with Crippen LogP contribution in [0.4, 0.5) is 5.69 Å². The molecule has 80 valence electrons. The van der Waals surface area contributed by atoms with Crippen molar-refractivity contribution < 1.29 is 15.3 Å². The maximum atomic E-state index is 10.6. The number of hydrogen-bond acceptors (Lipinski definition) is 3. The van der Waals surface area contributed by atoms with E-state index in [-0.39, 0.29) is 23.3 Å². The molecule has 1 atom stereocenters. The molecule has 0 saturated carbocycles. The predicted octanol–water partition coefficient (Wildman–Crippen LogP) is -0.425. The molecule has 0 aliphatic carbocycles. The molecule has 0 spiro atoms. The Labute approximate surface area is 86.9 Å². The number of quaternary nitrogens is 1. The Bertz CT molecular complexity index is 392. The van der Waals surface area contributed by atoms with Crippen molar-refractivity contribution in [2.45, 2.75) is 19.0 Å². The van der Waals surface area contributed by atoms with Crippen LogP contribution >= 0.6 is 0 Å². The van der Waals surface area contributed by atoms with E-state index >= 15 is 0 Å². The zero-order valence-corrected chi connectivity index (χ0v) is 8.22. The minimum atomic E-state index is -0.377.